The van der Waals surface area contributed by atoms with Gasteiger partial charge in [0.2, 0.25) is 15.9 Å². The van der Waals surface area contributed by atoms with E-state index in [1.165, 1.54) is 41.8 Å². The van der Waals surface area contributed by atoms with Gasteiger partial charge in [0.05, 0.1) is 31.7 Å². The second-order valence-corrected chi connectivity index (χ2v) is 12.9. The highest BCUT2D eigenvalue weighted by molar-refractivity contribution is 7.89. The maximum absolute atomic E-state index is 14.0. The first-order chi connectivity index (χ1) is 20.4. The Kier molecular flexibility index (Phi) is 9.82. The minimum absolute atomic E-state index is 0.0915. The smallest absolute Gasteiger partial charge is 0.243 e. The van der Waals surface area contributed by atoms with Crippen molar-refractivity contribution in [3.05, 3.63) is 90.0 Å². The number of ether oxygens (including phenoxy) is 2. The van der Waals surface area contributed by atoms with Crippen LogP contribution in [0.1, 0.15) is 49.3 Å². The molecule has 1 heterocycles. The molecule has 3 aromatic carbocycles. The fourth-order valence-electron chi connectivity index (χ4n) is 6.24. The van der Waals surface area contributed by atoms with Crippen molar-refractivity contribution < 1.29 is 22.7 Å². The Morgan fingerprint density at radius 1 is 0.810 bits per heavy atom. The Balaban J connectivity index is 1.33. The first-order valence-electron chi connectivity index (χ1n) is 14.8. The lowest BCUT2D eigenvalue weighted by Crippen LogP contribution is -2.54. The van der Waals surface area contributed by atoms with Gasteiger partial charge in [-0.1, -0.05) is 79.9 Å². The van der Waals surface area contributed by atoms with Gasteiger partial charge in [0.1, 0.15) is 0 Å². The van der Waals surface area contributed by atoms with E-state index in [1.54, 1.807) is 6.07 Å². The van der Waals surface area contributed by atoms with E-state index in [9.17, 15) is 13.2 Å². The molecule has 1 amide bonds. The molecule has 3 aromatic rings. The maximum atomic E-state index is 14.0. The number of methoxy groups -OCH3 is 2. The van der Waals surface area contributed by atoms with Crippen molar-refractivity contribution in [2.24, 2.45) is 0 Å². The maximum Gasteiger partial charge on any atom is 0.243 e. The van der Waals surface area contributed by atoms with Crippen molar-refractivity contribution in [3.8, 4) is 11.5 Å². The fraction of sp³-hybridized carbons (Fsp3) is 0.424. The van der Waals surface area contributed by atoms with Gasteiger partial charge in [-0.15, -0.1) is 0 Å². The summed E-state index contributed by atoms with van der Waals surface area (Å²) in [5.74, 6) is 0.648. The standard InChI is InChI=1S/C33H41N3O5S/c1-40-30-19-18-29(24-31(30)41-2)42(38,39)36(28-16-10-5-11-17-28)25-32(37)34-20-22-35(23-21-34)33(26-12-6-3-7-13-26)27-14-8-4-9-15-27/h3-4,6-9,12-15,18-19,24,28,33H,5,10-11,16-17,20-23,25H2,1-2H3. The van der Waals surface area contributed by atoms with E-state index >= 15 is 0 Å². The van der Waals surface area contributed by atoms with Gasteiger partial charge in [-0.25, -0.2) is 8.42 Å². The van der Waals surface area contributed by atoms with Crippen LogP contribution >= 0.6 is 0 Å². The number of hydrogen-bond acceptors (Lipinski definition) is 6. The van der Waals surface area contributed by atoms with Crippen LogP contribution in [0.2, 0.25) is 0 Å². The van der Waals surface area contributed by atoms with Crippen LogP contribution in [0.25, 0.3) is 0 Å². The second-order valence-electron chi connectivity index (χ2n) is 11.0. The molecule has 1 aliphatic carbocycles. The van der Waals surface area contributed by atoms with Crippen molar-refractivity contribution >= 4 is 15.9 Å². The SMILES string of the molecule is COc1ccc(S(=O)(=O)N(CC(=O)N2CCN(C(c3ccccc3)c3ccccc3)CC2)C2CCCCC2)cc1OC. The third-order valence-corrected chi connectivity index (χ3v) is 10.4. The average Bonchev–Trinajstić information content (AvgIpc) is 3.05. The summed E-state index contributed by atoms with van der Waals surface area (Å²) in [7, 11) is -0.951. The van der Waals surface area contributed by atoms with E-state index in [0.29, 0.717) is 37.7 Å². The molecule has 2 fully saturated rings. The number of piperazine rings is 1. The van der Waals surface area contributed by atoms with Gasteiger partial charge < -0.3 is 14.4 Å². The van der Waals surface area contributed by atoms with E-state index in [0.717, 1.165) is 32.1 Å². The topological polar surface area (TPSA) is 79.4 Å². The first kappa shape index (κ1) is 30.1. The van der Waals surface area contributed by atoms with Crippen LogP contribution in [0, 0.1) is 0 Å². The van der Waals surface area contributed by atoms with Gasteiger partial charge in [0.15, 0.2) is 11.5 Å². The van der Waals surface area contributed by atoms with Crippen LogP contribution in [-0.4, -0.2) is 81.4 Å². The number of sulfonamides is 1. The van der Waals surface area contributed by atoms with Crippen molar-refractivity contribution in [3.63, 3.8) is 0 Å². The van der Waals surface area contributed by atoms with Crippen LogP contribution in [-0.2, 0) is 14.8 Å². The Labute approximate surface area is 249 Å². The average molecular weight is 592 g/mol. The highest BCUT2D eigenvalue weighted by atomic mass is 32.2. The van der Waals surface area contributed by atoms with Gasteiger partial charge in [0, 0.05) is 38.3 Å². The number of carbonyl (C=O) groups excluding carboxylic acids is 1. The fourth-order valence-corrected chi connectivity index (χ4v) is 7.89. The molecule has 0 unspecified atom stereocenters. The molecule has 0 N–H and O–H groups in total. The highest BCUT2D eigenvalue weighted by Gasteiger charge is 2.36. The lowest BCUT2D eigenvalue weighted by Gasteiger charge is -2.41. The third kappa shape index (κ3) is 6.64. The molecule has 224 valence electrons. The quantitative estimate of drug-likeness (QED) is 0.332. The minimum Gasteiger partial charge on any atom is -0.493 e. The van der Waals surface area contributed by atoms with E-state index in [-0.39, 0.29) is 29.4 Å². The van der Waals surface area contributed by atoms with Gasteiger partial charge in [0.25, 0.3) is 0 Å². The summed E-state index contributed by atoms with van der Waals surface area (Å²) in [5, 5.41) is 0. The summed E-state index contributed by atoms with van der Waals surface area (Å²) in [6.45, 7) is 2.33. The molecule has 5 rings (SSSR count). The molecule has 0 atom stereocenters. The van der Waals surface area contributed by atoms with E-state index in [1.807, 2.05) is 17.0 Å². The Bertz CT molecular complexity index is 1380. The zero-order valence-corrected chi connectivity index (χ0v) is 25.3. The normalized spacial score (nSPS) is 17.0. The molecule has 2 aliphatic rings. The molecule has 1 saturated heterocycles. The zero-order valence-electron chi connectivity index (χ0n) is 24.5. The summed E-state index contributed by atoms with van der Waals surface area (Å²) >= 11 is 0. The molecule has 0 aromatic heterocycles. The molecular formula is C33H41N3O5S. The molecule has 0 spiro atoms. The van der Waals surface area contributed by atoms with Crippen molar-refractivity contribution in [1.82, 2.24) is 14.1 Å². The minimum atomic E-state index is -3.95. The molecule has 0 bridgehead atoms. The van der Waals surface area contributed by atoms with Gasteiger partial charge in [-0.05, 0) is 36.1 Å². The molecule has 1 saturated carbocycles. The monoisotopic (exact) mass is 591 g/mol. The first-order valence-corrected chi connectivity index (χ1v) is 16.2. The van der Waals surface area contributed by atoms with E-state index < -0.39 is 10.0 Å². The zero-order chi connectivity index (χ0) is 29.5. The number of carbonyl (C=O) groups is 1. The van der Waals surface area contributed by atoms with Crippen LogP contribution in [0.5, 0.6) is 11.5 Å². The van der Waals surface area contributed by atoms with Gasteiger partial charge in [-0.2, -0.15) is 4.31 Å². The number of benzene rings is 3. The van der Waals surface area contributed by atoms with Crippen molar-refractivity contribution in [1.29, 1.82) is 0 Å². The number of nitrogens with zero attached hydrogens (tertiary/aromatic N) is 3. The van der Waals surface area contributed by atoms with Gasteiger partial charge in [-0.3, -0.25) is 9.69 Å². The Morgan fingerprint density at radius 3 is 1.93 bits per heavy atom. The number of rotatable bonds is 10. The number of amides is 1. The van der Waals surface area contributed by atoms with E-state index in [4.69, 9.17) is 9.47 Å². The summed E-state index contributed by atoms with van der Waals surface area (Å²) in [5.41, 5.74) is 2.43. The van der Waals surface area contributed by atoms with E-state index in [2.05, 4.69) is 53.4 Å². The van der Waals surface area contributed by atoms with Crippen LogP contribution in [0.3, 0.4) is 0 Å². The predicted octanol–water partition coefficient (Wildman–Crippen LogP) is 4.96. The Morgan fingerprint density at radius 2 is 1.38 bits per heavy atom. The Hall–Kier alpha value is -3.40. The lowest BCUT2D eigenvalue weighted by molar-refractivity contribution is -0.133. The lowest BCUT2D eigenvalue weighted by atomic mass is 9.95. The van der Waals surface area contributed by atoms with Crippen LogP contribution in [0.15, 0.2) is 83.8 Å². The summed E-state index contributed by atoms with van der Waals surface area (Å²) in [4.78, 5) is 18.1. The molecule has 8 nitrogen and oxygen atoms in total. The second kappa shape index (κ2) is 13.7. The van der Waals surface area contributed by atoms with Crippen LogP contribution < -0.4 is 9.47 Å². The van der Waals surface area contributed by atoms with Crippen molar-refractivity contribution in [2.75, 3.05) is 46.9 Å². The summed E-state index contributed by atoms with van der Waals surface area (Å²) < 4.78 is 40.2. The molecule has 42 heavy (non-hydrogen) atoms. The molecule has 0 radical (unpaired) electrons. The van der Waals surface area contributed by atoms with Gasteiger partial charge >= 0.3 is 0 Å². The summed E-state index contributed by atoms with van der Waals surface area (Å²) in [6, 6.07) is 25.4. The third-order valence-electron chi connectivity index (χ3n) is 8.50. The molecule has 9 heteroatoms. The predicted molar refractivity (Wildman–Crippen MR) is 163 cm³/mol. The van der Waals surface area contributed by atoms with Crippen molar-refractivity contribution in [2.45, 2.75) is 49.1 Å². The van der Waals surface area contributed by atoms with Crippen LogP contribution in [0.4, 0.5) is 0 Å². The molecular weight excluding hydrogens is 550 g/mol. The highest BCUT2D eigenvalue weighted by Crippen LogP contribution is 2.34. The molecule has 1 aliphatic heterocycles. The largest absolute Gasteiger partial charge is 0.493 e. The summed E-state index contributed by atoms with van der Waals surface area (Å²) in [6.07, 6.45) is 4.50. The number of hydrogen-bond donors (Lipinski definition) is 0.